The molecule has 2 rings (SSSR count). The second-order valence-corrected chi connectivity index (χ2v) is 3.96. The minimum Gasteiger partial charge on any atom is -0.438 e. The van der Waals surface area contributed by atoms with Crippen molar-refractivity contribution in [2.45, 2.75) is 6.92 Å². The molecule has 0 saturated heterocycles. The van der Waals surface area contributed by atoms with Gasteiger partial charge in [0, 0.05) is 5.02 Å². The summed E-state index contributed by atoms with van der Waals surface area (Å²) in [6, 6.07) is 6.58. The molecule has 0 fully saturated rings. The molecule has 1 N–H and O–H groups in total. The molecule has 6 heteroatoms. The lowest BCUT2D eigenvalue weighted by Crippen LogP contribution is -2.13. The molecule has 0 radical (unpaired) electrons. The lowest BCUT2D eigenvalue weighted by molar-refractivity contribution is 0.0996. The number of oxazole rings is 1. The summed E-state index contributed by atoms with van der Waals surface area (Å²) < 4.78 is 4.96. The number of aryl methyl sites for hydroxylation is 1. The van der Waals surface area contributed by atoms with E-state index >= 15 is 0 Å². The normalized spacial score (nSPS) is 9.83. The molecule has 0 aliphatic carbocycles. The Morgan fingerprint density at radius 2 is 2.33 bits per heavy atom. The molecule has 90 valence electrons. The van der Waals surface area contributed by atoms with Crippen LogP contribution in [0.2, 0.25) is 5.02 Å². The van der Waals surface area contributed by atoms with Gasteiger partial charge >= 0.3 is 0 Å². The zero-order valence-corrected chi connectivity index (χ0v) is 10.2. The number of nitrogens with zero attached hydrogens (tertiary/aromatic N) is 2. The number of benzene rings is 1. The average Bonchev–Trinajstić information content (AvgIpc) is 2.76. The second kappa shape index (κ2) is 4.90. The molecule has 1 aromatic carbocycles. The van der Waals surface area contributed by atoms with Crippen LogP contribution < -0.4 is 5.32 Å². The van der Waals surface area contributed by atoms with E-state index in [1.165, 1.54) is 18.5 Å². The van der Waals surface area contributed by atoms with Crippen LogP contribution in [0.5, 0.6) is 0 Å². The molecule has 0 spiro atoms. The largest absolute Gasteiger partial charge is 0.438 e. The molecule has 5 nitrogen and oxygen atoms in total. The monoisotopic (exact) mass is 261 g/mol. The third-order valence-corrected chi connectivity index (χ3v) is 2.54. The van der Waals surface area contributed by atoms with Gasteiger partial charge in [0.25, 0.3) is 5.91 Å². The van der Waals surface area contributed by atoms with Crippen LogP contribution in [0, 0.1) is 18.3 Å². The Balaban J connectivity index is 2.30. The quantitative estimate of drug-likeness (QED) is 0.901. The van der Waals surface area contributed by atoms with Crippen molar-refractivity contribution in [2.75, 3.05) is 5.32 Å². The Morgan fingerprint density at radius 1 is 1.56 bits per heavy atom. The Hall–Kier alpha value is -2.32. The summed E-state index contributed by atoms with van der Waals surface area (Å²) in [5.74, 6) is -0.359. The first kappa shape index (κ1) is 12.1. The number of amides is 1. The minimum absolute atomic E-state index is 0.110. The second-order valence-electron chi connectivity index (χ2n) is 3.52. The van der Waals surface area contributed by atoms with Crippen molar-refractivity contribution in [3.05, 3.63) is 46.6 Å². The first-order chi connectivity index (χ1) is 8.61. The van der Waals surface area contributed by atoms with E-state index in [0.29, 0.717) is 22.0 Å². The minimum atomic E-state index is -0.469. The van der Waals surface area contributed by atoms with E-state index < -0.39 is 5.91 Å². The van der Waals surface area contributed by atoms with Gasteiger partial charge in [0.1, 0.15) is 6.07 Å². The van der Waals surface area contributed by atoms with Gasteiger partial charge < -0.3 is 9.73 Å². The average molecular weight is 262 g/mol. The molecular weight excluding hydrogens is 254 g/mol. The van der Waals surface area contributed by atoms with Crippen molar-refractivity contribution in [1.29, 1.82) is 5.26 Å². The summed E-state index contributed by atoms with van der Waals surface area (Å²) >= 11 is 5.82. The molecule has 1 aromatic heterocycles. The molecule has 2 aromatic rings. The number of halogens is 1. The number of hydrogen-bond donors (Lipinski definition) is 1. The van der Waals surface area contributed by atoms with Crippen molar-refractivity contribution in [2.24, 2.45) is 0 Å². The molecule has 0 aliphatic rings. The van der Waals surface area contributed by atoms with E-state index in [9.17, 15) is 4.79 Å². The van der Waals surface area contributed by atoms with Crippen molar-refractivity contribution in [1.82, 2.24) is 4.98 Å². The summed E-state index contributed by atoms with van der Waals surface area (Å²) in [6.45, 7) is 1.65. The summed E-state index contributed by atoms with van der Waals surface area (Å²) in [5.41, 5.74) is 1.14. The topological polar surface area (TPSA) is 78.9 Å². The molecule has 0 saturated carbocycles. The number of nitrogens with one attached hydrogen (secondary N) is 1. The number of carbonyl (C=O) groups excluding carboxylic acids is 1. The van der Waals surface area contributed by atoms with Crippen LogP contribution in [-0.2, 0) is 0 Å². The van der Waals surface area contributed by atoms with E-state index in [0.717, 1.165) is 0 Å². The molecule has 1 heterocycles. The molecule has 0 unspecified atom stereocenters. The fourth-order valence-corrected chi connectivity index (χ4v) is 1.59. The zero-order chi connectivity index (χ0) is 13.1. The van der Waals surface area contributed by atoms with Crippen LogP contribution >= 0.6 is 11.6 Å². The van der Waals surface area contributed by atoms with Crippen LogP contribution in [0.25, 0.3) is 0 Å². The van der Waals surface area contributed by atoms with Crippen molar-refractivity contribution >= 4 is 23.2 Å². The van der Waals surface area contributed by atoms with Crippen LogP contribution in [0.1, 0.15) is 21.8 Å². The molecule has 0 bridgehead atoms. The van der Waals surface area contributed by atoms with Crippen molar-refractivity contribution in [3.8, 4) is 6.07 Å². The Bertz CT molecular complexity index is 643. The van der Waals surface area contributed by atoms with Crippen LogP contribution in [0.3, 0.4) is 0 Å². The highest BCUT2D eigenvalue weighted by molar-refractivity contribution is 6.31. The standard InChI is InChI=1S/C12H8ClN3O2/c1-7-11(18-6-15-7)12(17)16-10-4-9(13)3-2-8(10)5-14/h2-4,6H,1H3,(H,16,17). The van der Waals surface area contributed by atoms with Gasteiger partial charge in [0.2, 0.25) is 5.76 Å². The maximum absolute atomic E-state index is 11.9. The highest BCUT2D eigenvalue weighted by Crippen LogP contribution is 2.21. The number of aromatic nitrogens is 1. The third kappa shape index (κ3) is 2.34. The number of nitriles is 1. The lowest BCUT2D eigenvalue weighted by atomic mass is 10.2. The molecule has 0 atom stereocenters. The van der Waals surface area contributed by atoms with E-state index in [1.807, 2.05) is 6.07 Å². The smallest absolute Gasteiger partial charge is 0.293 e. The predicted octanol–water partition coefficient (Wildman–Crippen LogP) is 2.76. The van der Waals surface area contributed by atoms with Crippen LogP contribution in [0.4, 0.5) is 5.69 Å². The van der Waals surface area contributed by atoms with Gasteiger partial charge in [-0.25, -0.2) is 4.98 Å². The van der Waals surface area contributed by atoms with E-state index in [4.69, 9.17) is 21.3 Å². The summed E-state index contributed by atoms with van der Waals surface area (Å²) in [5, 5.41) is 11.9. The zero-order valence-electron chi connectivity index (χ0n) is 9.40. The van der Waals surface area contributed by atoms with Gasteiger partial charge in [0.15, 0.2) is 6.39 Å². The van der Waals surface area contributed by atoms with E-state index in [1.54, 1.807) is 13.0 Å². The summed E-state index contributed by atoms with van der Waals surface area (Å²) in [6.07, 6.45) is 1.19. The van der Waals surface area contributed by atoms with E-state index in [2.05, 4.69) is 10.3 Å². The summed E-state index contributed by atoms with van der Waals surface area (Å²) in [4.78, 5) is 15.7. The highest BCUT2D eigenvalue weighted by atomic mass is 35.5. The van der Waals surface area contributed by atoms with Crippen LogP contribution in [0.15, 0.2) is 29.0 Å². The Kier molecular flexibility index (Phi) is 3.31. The maximum Gasteiger partial charge on any atom is 0.293 e. The fraction of sp³-hybridized carbons (Fsp3) is 0.0833. The van der Waals surface area contributed by atoms with E-state index in [-0.39, 0.29) is 5.76 Å². The SMILES string of the molecule is Cc1ncoc1C(=O)Nc1cc(Cl)ccc1C#N. The molecule has 18 heavy (non-hydrogen) atoms. The summed E-state index contributed by atoms with van der Waals surface area (Å²) in [7, 11) is 0. The Labute approximate surface area is 108 Å². The number of hydrogen-bond acceptors (Lipinski definition) is 4. The lowest BCUT2D eigenvalue weighted by Gasteiger charge is -2.05. The van der Waals surface area contributed by atoms with Gasteiger partial charge in [-0.3, -0.25) is 4.79 Å². The first-order valence-corrected chi connectivity index (χ1v) is 5.40. The van der Waals surface area contributed by atoms with Crippen molar-refractivity contribution < 1.29 is 9.21 Å². The van der Waals surface area contributed by atoms with Crippen molar-refractivity contribution in [3.63, 3.8) is 0 Å². The van der Waals surface area contributed by atoms with Gasteiger partial charge in [-0.1, -0.05) is 11.6 Å². The maximum atomic E-state index is 11.9. The number of rotatable bonds is 2. The van der Waals surface area contributed by atoms with Crippen LogP contribution in [-0.4, -0.2) is 10.9 Å². The van der Waals surface area contributed by atoms with Gasteiger partial charge in [-0.2, -0.15) is 5.26 Å². The molecule has 0 aliphatic heterocycles. The highest BCUT2D eigenvalue weighted by Gasteiger charge is 2.15. The van der Waals surface area contributed by atoms with Gasteiger partial charge in [0.05, 0.1) is 16.9 Å². The fourth-order valence-electron chi connectivity index (χ4n) is 1.42. The number of carbonyl (C=O) groups is 1. The third-order valence-electron chi connectivity index (χ3n) is 2.30. The predicted molar refractivity (Wildman–Crippen MR) is 65.4 cm³/mol. The Morgan fingerprint density at radius 3 is 2.94 bits per heavy atom. The van der Waals surface area contributed by atoms with Gasteiger partial charge in [-0.05, 0) is 25.1 Å². The molecular formula is C12H8ClN3O2. The first-order valence-electron chi connectivity index (χ1n) is 5.03. The van der Waals surface area contributed by atoms with Gasteiger partial charge in [-0.15, -0.1) is 0 Å². The molecule has 1 amide bonds. The number of anilines is 1.